The maximum Gasteiger partial charge on any atom is 0.219 e. The van der Waals surface area contributed by atoms with Crippen molar-refractivity contribution in [1.29, 1.82) is 0 Å². The first-order valence-corrected chi connectivity index (χ1v) is 4.57. The van der Waals surface area contributed by atoms with Crippen molar-refractivity contribution in [2.45, 2.75) is 27.2 Å². The SMILES string of the molecule is CCOc1ncnc(CC(C)=O)c1C. The fourth-order valence-electron chi connectivity index (χ4n) is 1.16. The Morgan fingerprint density at radius 3 is 2.79 bits per heavy atom. The Morgan fingerprint density at radius 2 is 2.21 bits per heavy atom. The van der Waals surface area contributed by atoms with E-state index in [1.54, 1.807) is 6.92 Å². The molecule has 0 aliphatic heterocycles. The molecule has 0 aromatic carbocycles. The Hall–Kier alpha value is -1.45. The fourth-order valence-corrected chi connectivity index (χ4v) is 1.16. The summed E-state index contributed by atoms with van der Waals surface area (Å²) in [6.07, 6.45) is 1.77. The number of ether oxygens (including phenoxy) is 1. The minimum atomic E-state index is 0.0919. The van der Waals surface area contributed by atoms with E-state index in [9.17, 15) is 4.79 Å². The number of aromatic nitrogens is 2. The largest absolute Gasteiger partial charge is 0.478 e. The molecular formula is C10H14N2O2. The van der Waals surface area contributed by atoms with E-state index < -0.39 is 0 Å². The Kier molecular flexibility index (Phi) is 3.56. The lowest BCUT2D eigenvalue weighted by Gasteiger charge is -2.07. The van der Waals surface area contributed by atoms with Crippen LogP contribution >= 0.6 is 0 Å². The first-order chi connectivity index (χ1) is 6.65. The van der Waals surface area contributed by atoms with Crippen molar-refractivity contribution >= 4 is 5.78 Å². The summed E-state index contributed by atoms with van der Waals surface area (Å²) in [6.45, 7) is 5.87. The summed E-state index contributed by atoms with van der Waals surface area (Å²) in [7, 11) is 0. The quantitative estimate of drug-likeness (QED) is 0.725. The molecule has 1 aromatic rings. The van der Waals surface area contributed by atoms with E-state index in [2.05, 4.69) is 9.97 Å². The van der Waals surface area contributed by atoms with Crippen LogP contribution in [0.3, 0.4) is 0 Å². The number of ketones is 1. The lowest BCUT2D eigenvalue weighted by molar-refractivity contribution is -0.116. The third-order valence-electron chi connectivity index (χ3n) is 1.84. The van der Waals surface area contributed by atoms with Crippen LogP contribution in [0.1, 0.15) is 25.1 Å². The summed E-state index contributed by atoms with van der Waals surface area (Å²) in [5.41, 5.74) is 1.60. The van der Waals surface area contributed by atoms with E-state index in [0.717, 1.165) is 11.3 Å². The van der Waals surface area contributed by atoms with Gasteiger partial charge in [0.05, 0.1) is 12.3 Å². The van der Waals surface area contributed by atoms with E-state index in [0.29, 0.717) is 18.9 Å². The summed E-state index contributed by atoms with van der Waals surface area (Å²) in [4.78, 5) is 19.0. The average molecular weight is 194 g/mol. The highest BCUT2D eigenvalue weighted by molar-refractivity contribution is 5.78. The van der Waals surface area contributed by atoms with Crippen LogP contribution in [0.2, 0.25) is 0 Å². The van der Waals surface area contributed by atoms with E-state index in [-0.39, 0.29) is 5.78 Å². The minimum absolute atomic E-state index is 0.0919. The van der Waals surface area contributed by atoms with Crippen molar-refractivity contribution in [2.75, 3.05) is 6.61 Å². The number of rotatable bonds is 4. The van der Waals surface area contributed by atoms with Gasteiger partial charge in [-0.15, -0.1) is 0 Å². The number of carbonyl (C=O) groups excluding carboxylic acids is 1. The van der Waals surface area contributed by atoms with Gasteiger partial charge in [0.1, 0.15) is 12.1 Å². The molecule has 4 nitrogen and oxygen atoms in total. The maximum atomic E-state index is 10.9. The standard InChI is InChI=1S/C10H14N2O2/c1-4-14-10-8(3)9(5-7(2)13)11-6-12-10/h6H,4-5H2,1-3H3. The highest BCUT2D eigenvalue weighted by atomic mass is 16.5. The molecule has 0 aliphatic carbocycles. The molecule has 0 aliphatic rings. The van der Waals surface area contributed by atoms with Gasteiger partial charge < -0.3 is 4.74 Å². The zero-order chi connectivity index (χ0) is 10.6. The second-order valence-electron chi connectivity index (χ2n) is 3.06. The molecule has 1 heterocycles. The topological polar surface area (TPSA) is 52.1 Å². The summed E-state index contributed by atoms with van der Waals surface area (Å²) in [6, 6.07) is 0. The Balaban J connectivity index is 2.94. The summed E-state index contributed by atoms with van der Waals surface area (Å²) < 4.78 is 5.30. The molecule has 0 amide bonds. The van der Waals surface area contributed by atoms with Gasteiger partial charge in [-0.05, 0) is 20.8 Å². The Labute approximate surface area is 83.3 Å². The molecule has 1 aromatic heterocycles. The van der Waals surface area contributed by atoms with E-state index >= 15 is 0 Å². The average Bonchev–Trinajstić information content (AvgIpc) is 2.11. The Bertz CT molecular complexity index is 337. The second-order valence-corrected chi connectivity index (χ2v) is 3.06. The van der Waals surface area contributed by atoms with Crippen molar-refractivity contribution < 1.29 is 9.53 Å². The van der Waals surface area contributed by atoms with Gasteiger partial charge in [-0.2, -0.15) is 0 Å². The van der Waals surface area contributed by atoms with Gasteiger partial charge in [-0.25, -0.2) is 9.97 Å². The van der Waals surface area contributed by atoms with Crippen molar-refractivity contribution in [3.8, 4) is 5.88 Å². The van der Waals surface area contributed by atoms with Crippen LogP contribution in [0.4, 0.5) is 0 Å². The van der Waals surface area contributed by atoms with Crippen LogP contribution in [-0.2, 0) is 11.2 Å². The molecular weight excluding hydrogens is 180 g/mol. The van der Waals surface area contributed by atoms with Crippen LogP contribution in [0.5, 0.6) is 5.88 Å². The normalized spacial score (nSPS) is 9.93. The third kappa shape index (κ3) is 2.52. The number of carbonyl (C=O) groups is 1. The third-order valence-corrected chi connectivity index (χ3v) is 1.84. The molecule has 0 fully saturated rings. The van der Waals surface area contributed by atoms with Crippen molar-refractivity contribution in [1.82, 2.24) is 9.97 Å². The highest BCUT2D eigenvalue weighted by Gasteiger charge is 2.08. The number of Topliss-reactive ketones (excluding diaryl/α,β-unsaturated/α-hetero) is 1. The number of hydrogen-bond donors (Lipinski definition) is 0. The Morgan fingerprint density at radius 1 is 1.50 bits per heavy atom. The molecule has 0 N–H and O–H groups in total. The highest BCUT2D eigenvalue weighted by Crippen LogP contribution is 2.16. The zero-order valence-corrected chi connectivity index (χ0v) is 8.70. The predicted octanol–water partition coefficient (Wildman–Crippen LogP) is 1.32. The van der Waals surface area contributed by atoms with E-state index in [1.165, 1.54) is 6.33 Å². The molecule has 0 bridgehead atoms. The molecule has 0 atom stereocenters. The van der Waals surface area contributed by atoms with Crippen LogP contribution < -0.4 is 4.74 Å². The molecule has 0 spiro atoms. The molecule has 4 heteroatoms. The molecule has 0 saturated heterocycles. The van der Waals surface area contributed by atoms with Gasteiger partial charge in [-0.1, -0.05) is 0 Å². The van der Waals surface area contributed by atoms with Crippen LogP contribution in [0.25, 0.3) is 0 Å². The molecule has 76 valence electrons. The molecule has 0 radical (unpaired) electrons. The van der Waals surface area contributed by atoms with Crippen LogP contribution in [0.15, 0.2) is 6.33 Å². The van der Waals surface area contributed by atoms with Crippen molar-refractivity contribution in [3.05, 3.63) is 17.6 Å². The van der Waals surface area contributed by atoms with Crippen LogP contribution in [-0.4, -0.2) is 22.4 Å². The summed E-state index contributed by atoms with van der Waals surface area (Å²) in [5.74, 6) is 0.660. The van der Waals surface area contributed by atoms with Gasteiger partial charge in [0.2, 0.25) is 5.88 Å². The van der Waals surface area contributed by atoms with Crippen molar-refractivity contribution in [3.63, 3.8) is 0 Å². The van der Waals surface area contributed by atoms with E-state index in [1.807, 2.05) is 13.8 Å². The first-order valence-electron chi connectivity index (χ1n) is 4.57. The lowest BCUT2D eigenvalue weighted by atomic mass is 10.1. The van der Waals surface area contributed by atoms with Gasteiger partial charge in [0, 0.05) is 12.0 Å². The molecule has 1 rings (SSSR count). The predicted molar refractivity (Wildman–Crippen MR) is 52.3 cm³/mol. The molecule has 0 saturated carbocycles. The van der Waals surface area contributed by atoms with E-state index in [4.69, 9.17) is 4.74 Å². The first kappa shape index (κ1) is 10.6. The molecule has 0 unspecified atom stereocenters. The number of nitrogens with zero attached hydrogens (tertiary/aromatic N) is 2. The van der Waals surface area contributed by atoms with Gasteiger partial charge in [0.25, 0.3) is 0 Å². The van der Waals surface area contributed by atoms with Gasteiger partial charge >= 0.3 is 0 Å². The second kappa shape index (κ2) is 4.69. The smallest absolute Gasteiger partial charge is 0.219 e. The van der Waals surface area contributed by atoms with Gasteiger partial charge in [0.15, 0.2) is 0 Å². The molecule has 14 heavy (non-hydrogen) atoms. The maximum absolute atomic E-state index is 10.9. The van der Waals surface area contributed by atoms with Crippen LogP contribution in [0, 0.1) is 6.92 Å². The summed E-state index contributed by atoms with van der Waals surface area (Å²) >= 11 is 0. The fraction of sp³-hybridized carbons (Fsp3) is 0.500. The summed E-state index contributed by atoms with van der Waals surface area (Å²) in [5, 5.41) is 0. The van der Waals surface area contributed by atoms with Crippen molar-refractivity contribution in [2.24, 2.45) is 0 Å². The number of hydrogen-bond acceptors (Lipinski definition) is 4. The monoisotopic (exact) mass is 194 g/mol. The minimum Gasteiger partial charge on any atom is -0.478 e. The lowest BCUT2D eigenvalue weighted by Crippen LogP contribution is -2.05. The zero-order valence-electron chi connectivity index (χ0n) is 8.70. The van der Waals surface area contributed by atoms with Gasteiger partial charge in [-0.3, -0.25) is 4.79 Å².